The molecule has 37 heavy (non-hydrogen) atoms. The summed E-state index contributed by atoms with van der Waals surface area (Å²) in [6.45, 7) is 3.32. The number of halogens is 1. The first kappa shape index (κ1) is 26.0. The molecule has 4 aromatic rings. The predicted octanol–water partition coefficient (Wildman–Crippen LogP) is 5.62. The number of non-ortho nitro benzene ring substituents is 1. The van der Waals surface area contributed by atoms with E-state index in [0.717, 1.165) is 6.07 Å². The third-order valence-corrected chi connectivity index (χ3v) is 7.66. The van der Waals surface area contributed by atoms with Crippen LogP contribution in [0.4, 0.5) is 11.4 Å². The highest BCUT2D eigenvalue weighted by Gasteiger charge is 2.33. The summed E-state index contributed by atoms with van der Waals surface area (Å²) >= 11 is 3.25. The van der Waals surface area contributed by atoms with Crippen molar-refractivity contribution >= 4 is 60.2 Å². The van der Waals surface area contributed by atoms with Gasteiger partial charge in [-0.3, -0.25) is 14.9 Å². The number of fused-ring (bicyclic) bond motifs is 1. The van der Waals surface area contributed by atoms with Crippen LogP contribution in [-0.2, 0) is 14.8 Å². The maximum atomic E-state index is 13.8. The van der Waals surface area contributed by atoms with E-state index in [9.17, 15) is 28.1 Å². The van der Waals surface area contributed by atoms with Crippen LogP contribution in [-0.4, -0.2) is 31.8 Å². The quantitative estimate of drug-likeness (QED) is 0.154. The Bertz CT molecular complexity index is 1650. The minimum atomic E-state index is -4.51. The largest absolute Gasteiger partial charge is 0.462 e. The van der Waals surface area contributed by atoms with Crippen molar-refractivity contribution in [3.8, 4) is 0 Å². The van der Waals surface area contributed by atoms with Crippen LogP contribution >= 0.6 is 15.9 Å². The van der Waals surface area contributed by atoms with Gasteiger partial charge < -0.3 is 9.15 Å². The molecule has 0 saturated carbocycles. The molecule has 0 spiro atoms. The number of ether oxygens (including phenoxy) is 1. The predicted molar refractivity (Wildman–Crippen MR) is 138 cm³/mol. The number of sulfonamides is 1. The lowest BCUT2D eigenvalue weighted by molar-refractivity contribution is -0.384. The molecule has 1 aromatic heterocycles. The lowest BCUT2D eigenvalue weighted by Crippen LogP contribution is -2.37. The number of carbonyl (C=O) groups excluding carboxylic acids is 2. The Balaban J connectivity index is 1.95. The molecule has 1 heterocycles. The molecule has 0 aliphatic heterocycles. The van der Waals surface area contributed by atoms with E-state index in [2.05, 4.69) is 15.9 Å². The monoisotopic (exact) mass is 586 g/mol. The molecule has 0 aliphatic rings. The highest BCUT2D eigenvalue weighted by Crippen LogP contribution is 2.34. The number of nitro benzene ring substituents is 1. The second kappa shape index (κ2) is 10.1. The van der Waals surface area contributed by atoms with Gasteiger partial charge >= 0.3 is 5.97 Å². The molecule has 12 heteroatoms. The fourth-order valence-electron chi connectivity index (χ4n) is 3.74. The van der Waals surface area contributed by atoms with Crippen LogP contribution in [0.3, 0.4) is 0 Å². The van der Waals surface area contributed by atoms with Crippen molar-refractivity contribution in [2.45, 2.75) is 18.7 Å². The normalized spacial score (nSPS) is 11.3. The van der Waals surface area contributed by atoms with E-state index >= 15 is 0 Å². The van der Waals surface area contributed by atoms with Crippen molar-refractivity contribution < 1.29 is 32.1 Å². The Morgan fingerprint density at radius 3 is 2.43 bits per heavy atom. The minimum Gasteiger partial charge on any atom is -0.462 e. The number of benzene rings is 3. The molecule has 0 bridgehead atoms. The Morgan fingerprint density at radius 2 is 1.78 bits per heavy atom. The second-order valence-electron chi connectivity index (χ2n) is 7.77. The van der Waals surface area contributed by atoms with Crippen molar-refractivity contribution in [3.05, 3.63) is 98.2 Å². The third kappa shape index (κ3) is 4.98. The van der Waals surface area contributed by atoms with Gasteiger partial charge in [0.15, 0.2) is 0 Å². The lowest BCUT2D eigenvalue weighted by Gasteiger charge is -2.23. The van der Waals surface area contributed by atoms with Crippen molar-refractivity contribution in [2.24, 2.45) is 0 Å². The standard InChI is InChI=1S/C25H19BrN2O8S/c1-3-35-25(30)23-15(2)36-22-12-9-18(14-21(22)23)27(37(33,34)20-10-7-17(26)8-11-20)24(29)16-5-4-6-19(13-16)28(31)32/h4-14H,3H2,1-2H3. The number of anilines is 1. The molecule has 3 aromatic carbocycles. The molecular weight excluding hydrogens is 568 g/mol. The van der Waals surface area contributed by atoms with E-state index in [1.165, 1.54) is 60.7 Å². The Morgan fingerprint density at radius 1 is 1.08 bits per heavy atom. The van der Waals surface area contributed by atoms with Crippen molar-refractivity contribution in [2.75, 3.05) is 10.9 Å². The van der Waals surface area contributed by atoms with Crippen molar-refractivity contribution in [3.63, 3.8) is 0 Å². The van der Waals surface area contributed by atoms with Crippen molar-refractivity contribution in [1.29, 1.82) is 0 Å². The van der Waals surface area contributed by atoms with Gasteiger partial charge in [0.25, 0.3) is 21.6 Å². The number of rotatable bonds is 7. The molecule has 0 N–H and O–H groups in total. The van der Waals surface area contributed by atoms with Gasteiger partial charge in [-0.2, -0.15) is 4.31 Å². The first-order chi connectivity index (χ1) is 17.5. The topological polar surface area (TPSA) is 137 Å². The summed E-state index contributed by atoms with van der Waals surface area (Å²) in [4.78, 5) is 36.6. The number of nitro groups is 1. The average Bonchev–Trinajstić information content (AvgIpc) is 3.19. The van der Waals surface area contributed by atoms with Gasteiger partial charge in [0.05, 0.1) is 22.1 Å². The number of aryl methyl sites for hydroxylation is 1. The zero-order chi connectivity index (χ0) is 26.9. The van der Waals surface area contributed by atoms with Crippen LogP contribution in [0.15, 0.2) is 80.5 Å². The van der Waals surface area contributed by atoms with Gasteiger partial charge in [0.2, 0.25) is 0 Å². The molecule has 1 amide bonds. The molecule has 190 valence electrons. The number of carbonyl (C=O) groups is 2. The zero-order valence-corrected chi connectivity index (χ0v) is 21.9. The molecule has 0 fully saturated rings. The lowest BCUT2D eigenvalue weighted by atomic mass is 10.1. The maximum Gasteiger partial charge on any atom is 0.342 e. The highest BCUT2D eigenvalue weighted by molar-refractivity contribution is 9.10. The van der Waals surface area contributed by atoms with Crippen molar-refractivity contribution in [1.82, 2.24) is 0 Å². The van der Waals surface area contributed by atoms with Gasteiger partial charge in [-0.15, -0.1) is 0 Å². The molecular formula is C25H19BrN2O8S. The van der Waals surface area contributed by atoms with Gasteiger partial charge in [-0.1, -0.05) is 22.0 Å². The minimum absolute atomic E-state index is 0.0988. The average molecular weight is 587 g/mol. The van der Waals surface area contributed by atoms with E-state index in [0.29, 0.717) is 8.78 Å². The van der Waals surface area contributed by atoms with E-state index in [1.807, 2.05) is 0 Å². The summed E-state index contributed by atoms with van der Waals surface area (Å²) in [6, 6.07) is 14.5. The first-order valence-electron chi connectivity index (χ1n) is 10.8. The summed E-state index contributed by atoms with van der Waals surface area (Å²) in [5, 5.41) is 11.5. The van der Waals surface area contributed by atoms with E-state index in [-0.39, 0.29) is 50.7 Å². The van der Waals surface area contributed by atoms with Gasteiger partial charge in [0.1, 0.15) is 16.9 Å². The summed E-state index contributed by atoms with van der Waals surface area (Å²) < 4.78 is 39.5. The number of nitrogens with zero attached hydrogens (tertiary/aromatic N) is 2. The molecule has 10 nitrogen and oxygen atoms in total. The highest BCUT2D eigenvalue weighted by atomic mass is 79.9. The van der Waals surface area contributed by atoms with Crippen LogP contribution in [0, 0.1) is 17.0 Å². The summed E-state index contributed by atoms with van der Waals surface area (Å²) in [7, 11) is -4.51. The Labute approximate surface area is 219 Å². The van der Waals surface area contributed by atoms with Gasteiger partial charge in [0, 0.05) is 27.6 Å². The number of amides is 1. The molecule has 0 aliphatic carbocycles. The fourth-order valence-corrected chi connectivity index (χ4v) is 5.41. The summed E-state index contributed by atoms with van der Waals surface area (Å²) in [5.74, 6) is -1.43. The number of esters is 1. The van der Waals surface area contributed by atoms with Crippen LogP contribution in [0.25, 0.3) is 11.0 Å². The molecule has 0 saturated heterocycles. The Hall–Kier alpha value is -4.03. The molecule has 0 radical (unpaired) electrons. The Kier molecular flexibility index (Phi) is 7.14. The van der Waals surface area contributed by atoms with Crippen LogP contribution in [0.1, 0.15) is 33.4 Å². The molecule has 0 atom stereocenters. The SMILES string of the molecule is CCOC(=O)c1c(C)oc2ccc(N(C(=O)c3cccc([N+](=O)[O-])c3)S(=O)(=O)c3ccc(Br)cc3)cc12. The number of hydrogen-bond donors (Lipinski definition) is 0. The van der Waals surface area contributed by atoms with Crippen LogP contribution < -0.4 is 4.31 Å². The summed E-state index contributed by atoms with van der Waals surface area (Å²) in [6.07, 6.45) is 0. The van der Waals surface area contributed by atoms with Crippen LogP contribution in [0.2, 0.25) is 0 Å². The van der Waals surface area contributed by atoms with Crippen LogP contribution in [0.5, 0.6) is 0 Å². The van der Waals surface area contributed by atoms with E-state index in [4.69, 9.17) is 9.15 Å². The molecule has 0 unspecified atom stereocenters. The van der Waals surface area contributed by atoms with E-state index < -0.39 is 26.8 Å². The van der Waals surface area contributed by atoms with Gasteiger partial charge in [-0.05, 0) is 62.4 Å². The summed E-state index contributed by atoms with van der Waals surface area (Å²) in [5.41, 5.74) is -0.310. The smallest absolute Gasteiger partial charge is 0.342 e. The number of hydrogen-bond acceptors (Lipinski definition) is 8. The van der Waals surface area contributed by atoms with Gasteiger partial charge in [-0.25, -0.2) is 13.2 Å². The fraction of sp³-hybridized carbons (Fsp3) is 0.120. The number of furan rings is 1. The molecule has 4 rings (SSSR count). The maximum absolute atomic E-state index is 13.8. The zero-order valence-electron chi connectivity index (χ0n) is 19.5. The third-order valence-electron chi connectivity index (χ3n) is 5.40. The van der Waals surface area contributed by atoms with E-state index in [1.54, 1.807) is 13.8 Å². The first-order valence-corrected chi connectivity index (χ1v) is 13.1. The second-order valence-corrected chi connectivity index (χ2v) is 10.5.